The fraction of sp³-hybridized carbons (Fsp3) is 1.00. The van der Waals surface area contributed by atoms with E-state index in [4.69, 9.17) is 10.5 Å². The van der Waals surface area contributed by atoms with Crippen LogP contribution >= 0.6 is 11.8 Å². The number of piperidine rings is 1. The minimum atomic E-state index is 0.203. The fourth-order valence-electron chi connectivity index (χ4n) is 4.38. The Balaban J connectivity index is 1.65. The van der Waals surface area contributed by atoms with Crippen LogP contribution in [0, 0.1) is 5.92 Å². The number of likely N-dealkylation sites (tertiary alicyclic amines) is 1. The van der Waals surface area contributed by atoms with Crippen LogP contribution < -0.4 is 5.73 Å². The molecule has 116 valence electrons. The van der Waals surface area contributed by atoms with Crippen LogP contribution in [0.15, 0.2) is 0 Å². The van der Waals surface area contributed by atoms with Crippen molar-refractivity contribution in [3.05, 3.63) is 0 Å². The van der Waals surface area contributed by atoms with E-state index in [1.165, 1.54) is 56.6 Å². The summed E-state index contributed by atoms with van der Waals surface area (Å²) in [7, 11) is 0. The Morgan fingerprint density at radius 1 is 1.40 bits per heavy atom. The van der Waals surface area contributed by atoms with E-state index in [1.807, 2.05) is 0 Å². The van der Waals surface area contributed by atoms with Gasteiger partial charge in [-0.25, -0.2) is 0 Å². The van der Waals surface area contributed by atoms with Gasteiger partial charge in [-0.05, 0) is 50.3 Å². The molecule has 2 N–H and O–H groups in total. The van der Waals surface area contributed by atoms with Crippen LogP contribution in [0.4, 0.5) is 0 Å². The van der Waals surface area contributed by atoms with E-state index in [0.29, 0.717) is 12.1 Å². The summed E-state index contributed by atoms with van der Waals surface area (Å²) >= 11 is 2.07. The predicted molar refractivity (Wildman–Crippen MR) is 86.2 cm³/mol. The van der Waals surface area contributed by atoms with Gasteiger partial charge in [0.1, 0.15) is 0 Å². The maximum absolute atomic E-state index is 6.18. The molecule has 0 amide bonds. The summed E-state index contributed by atoms with van der Waals surface area (Å²) in [6, 6.07) is 1.33. The topological polar surface area (TPSA) is 38.5 Å². The van der Waals surface area contributed by atoms with Gasteiger partial charge in [0.25, 0.3) is 0 Å². The third-order valence-electron chi connectivity index (χ3n) is 5.72. The first-order chi connectivity index (χ1) is 9.76. The van der Waals surface area contributed by atoms with Crippen LogP contribution in [0.25, 0.3) is 0 Å². The standard InChI is InChI=1S/C16H30N2OS/c1-2-13-3-6-18(15(9-13)11-17)14-4-7-19-16(10-14)5-8-20-12-16/h13-15H,2-12,17H2,1H3. The van der Waals surface area contributed by atoms with E-state index in [2.05, 4.69) is 23.6 Å². The first-order valence-electron chi connectivity index (χ1n) is 8.44. The summed E-state index contributed by atoms with van der Waals surface area (Å²) in [6.07, 6.45) is 7.71. The van der Waals surface area contributed by atoms with Crippen molar-refractivity contribution >= 4 is 11.8 Å². The summed E-state index contributed by atoms with van der Waals surface area (Å²) in [5, 5.41) is 0. The lowest BCUT2D eigenvalue weighted by Gasteiger charge is -2.48. The molecule has 1 spiro atoms. The highest BCUT2D eigenvalue weighted by Crippen LogP contribution is 2.41. The lowest BCUT2D eigenvalue weighted by molar-refractivity contribution is -0.100. The van der Waals surface area contributed by atoms with Crippen molar-refractivity contribution in [2.45, 2.75) is 63.1 Å². The maximum atomic E-state index is 6.18. The van der Waals surface area contributed by atoms with Crippen LogP contribution in [0.1, 0.15) is 45.4 Å². The number of ether oxygens (including phenoxy) is 1. The first-order valence-corrected chi connectivity index (χ1v) is 9.59. The van der Waals surface area contributed by atoms with Gasteiger partial charge in [-0.3, -0.25) is 4.90 Å². The van der Waals surface area contributed by atoms with Crippen molar-refractivity contribution < 1.29 is 4.74 Å². The van der Waals surface area contributed by atoms with Gasteiger partial charge >= 0.3 is 0 Å². The Bertz CT molecular complexity index is 320. The molecule has 0 aromatic heterocycles. The number of hydrogen-bond donors (Lipinski definition) is 1. The molecular formula is C16H30N2OS. The second-order valence-corrected chi connectivity index (χ2v) is 8.01. The molecule has 4 atom stereocenters. The van der Waals surface area contributed by atoms with Crippen LogP contribution in [0.3, 0.4) is 0 Å². The molecule has 20 heavy (non-hydrogen) atoms. The molecule has 0 radical (unpaired) electrons. The molecular weight excluding hydrogens is 268 g/mol. The van der Waals surface area contributed by atoms with Gasteiger partial charge in [-0.15, -0.1) is 0 Å². The first kappa shape index (κ1) is 15.1. The zero-order valence-corrected chi connectivity index (χ0v) is 13.7. The van der Waals surface area contributed by atoms with Crippen molar-refractivity contribution in [1.29, 1.82) is 0 Å². The van der Waals surface area contributed by atoms with Gasteiger partial charge in [0.15, 0.2) is 0 Å². The summed E-state index contributed by atoms with van der Waals surface area (Å²) < 4.78 is 6.18. The molecule has 3 aliphatic heterocycles. The molecule has 4 unspecified atom stereocenters. The van der Waals surface area contributed by atoms with E-state index in [1.54, 1.807) is 0 Å². The number of hydrogen-bond acceptors (Lipinski definition) is 4. The number of nitrogens with zero attached hydrogens (tertiary/aromatic N) is 1. The molecule has 3 nitrogen and oxygen atoms in total. The van der Waals surface area contributed by atoms with Crippen molar-refractivity contribution in [1.82, 2.24) is 4.90 Å². The van der Waals surface area contributed by atoms with Crippen LogP contribution in [-0.4, -0.2) is 53.8 Å². The molecule has 3 aliphatic rings. The Morgan fingerprint density at radius 2 is 2.30 bits per heavy atom. The molecule has 3 rings (SSSR count). The van der Waals surface area contributed by atoms with Crippen LogP contribution in [0.5, 0.6) is 0 Å². The second kappa shape index (κ2) is 6.55. The highest BCUT2D eigenvalue weighted by molar-refractivity contribution is 7.99. The zero-order chi connectivity index (χ0) is 14.0. The van der Waals surface area contributed by atoms with Gasteiger partial charge in [-0.1, -0.05) is 13.3 Å². The molecule has 0 aliphatic carbocycles. The average Bonchev–Trinajstić information content (AvgIpc) is 2.94. The average molecular weight is 298 g/mol. The number of thioether (sulfide) groups is 1. The number of rotatable bonds is 3. The fourth-order valence-corrected chi connectivity index (χ4v) is 5.76. The zero-order valence-electron chi connectivity index (χ0n) is 12.9. The second-order valence-electron chi connectivity index (χ2n) is 6.91. The summed E-state index contributed by atoms with van der Waals surface area (Å²) in [5.41, 5.74) is 6.29. The van der Waals surface area contributed by atoms with Gasteiger partial charge in [0, 0.05) is 31.0 Å². The largest absolute Gasteiger partial charge is 0.374 e. The van der Waals surface area contributed by atoms with Gasteiger partial charge in [0.05, 0.1) is 5.60 Å². The Kier molecular flexibility index (Phi) is 4.96. The third-order valence-corrected chi connectivity index (χ3v) is 6.95. The van der Waals surface area contributed by atoms with Gasteiger partial charge < -0.3 is 10.5 Å². The highest BCUT2D eigenvalue weighted by Gasteiger charge is 2.43. The third kappa shape index (κ3) is 3.03. The van der Waals surface area contributed by atoms with Crippen molar-refractivity contribution in [2.24, 2.45) is 11.7 Å². The SMILES string of the molecule is CCC1CCN(C2CCOC3(CCSC3)C2)C(CN)C1. The highest BCUT2D eigenvalue weighted by atomic mass is 32.2. The minimum absolute atomic E-state index is 0.203. The summed E-state index contributed by atoms with van der Waals surface area (Å²) in [6.45, 7) is 5.37. The van der Waals surface area contributed by atoms with Crippen molar-refractivity contribution in [3.8, 4) is 0 Å². The molecule has 0 saturated carbocycles. The lowest BCUT2D eigenvalue weighted by Crippen LogP contribution is -2.56. The molecule has 0 aromatic carbocycles. The Morgan fingerprint density at radius 3 is 3.00 bits per heavy atom. The monoisotopic (exact) mass is 298 g/mol. The lowest BCUT2D eigenvalue weighted by atomic mass is 9.83. The van der Waals surface area contributed by atoms with Gasteiger partial charge in [-0.2, -0.15) is 11.8 Å². The molecule has 0 aromatic rings. The van der Waals surface area contributed by atoms with Crippen molar-refractivity contribution in [3.63, 3.8) is 0 Å². The van der Waals surface area contributed by atoms with E-state index in [9.17, 15) is 0 Å². The van der Waals surface area contributed by atoms with Crippen LogP contribution in [0.2, 0.25) is 0 Å². The van der Waals surface area contributed by atoms with Gasteiger partial charge in [0.2, 0.25) is 0 Å². The number of nitrogens with two attached hydrogens (primary N) is 1. The normalized spacial score (nSPS) is 43.2. The molecule has 0 bridgehead atoms. The molecule has 4 heteroatoms. The molecule has 3 heterocycles. The summed E-state index contributed by atoms with van der Waals surface area (Å²) in [5.74, 6) is 3.39. The maximum Gasteiger partial charge on any atom is 0.0795 e. The quantitative estimate of drug-likeness (QED) is 0.869. The van der Waals surface area contributed by atoms with Crippen LogP contribution in [-0.2, 0) is 4.74 Å². The minimum Gasteiger partial charge on any atom is -0.374 e. The Labute approximate surface area is 128 Å². The predicted octanol–water partition coefficient (Wildman–Crippen LogP) is 2.49. The Hall–Kier alpha value is 0.230. The summed E-state index contributed by atoms with van der Waals surface area (Å²) in [4.78, 5) is 2.75. The van der Waals surface area contributed by atoms with E-state index in [0.717, 1.165) is 19.1 Å². The van der Waals surface area contributed by atoms with E-state index >= 15 is 0 Å². The molecule has 3 fully saturated rings. The molecule has 3 saturated heterocycles. The smallest absolute Gasteiger partial charge is 0.0795 e. The van der Waals surface area contributed by atoms with E-state index < -0.39 is 0 Å². The van der Waals surface area contributed by atoms with E-state index in [-0.39, 0.29) is 5.60 Å². The van der Waals surface area contributed by atoms with Crippen molar-refractivity contribution in [2.75, 3.05) is 31.2 Å².